The summed E-state index contributed by atoms with van der Waals surface area (Å²) in [5.41, 5.74) is 0.222. The summed E-state index contributed by atoms with van der Waals surface area (Å²) in [6.45, 7) is 0. The number of fused-ring (bicyclic) bond motifs is 1. The first-order valence-electron chi connectivity index (χ1n) is 8.10. The number of hydrogen-bond donors (Lipinski definition) is 1. The number of carbonyl (C=O) groups is 2. The van der Waals surface area contributed by atoms with Gasteiger partial charge in [0.1, 0.15) is 0 Å². The highest BCUT2D eigenvalue weighted by Crippen LogP contribution is 2.36. The molecule has 0 fully saturated rings. The normalized spacial score (nSPS) is 16.0. The molecular weight excluding hydrogens is 383 g/mol. The number of esters is 1. The number of benzene rings is 2. The molecule has 4 nitrogen and oxygen atoms in total. The fourth-order valence-corrected chi connectivity index (χ4v) is 3.48. The van der Waals surface area contributed by atoms with Crippen molar-refractivity contribution in [3.05, 3.63) is 69.2 Å². The zero-order chi connectivity index (χ0) is 19.8. The molecular formula is C19H15ClF3NO3. The lowest BCUT2D eigenvalue weighted by molar-refractivity contribution is -0.137. The number of nitrogens with one attached hydrogen (secondary N) is 1. The van der Waals surface area contributed by atoms with Gasteiger partial charge in [0.25, 0.3) is 5.91 Å². The summed E-state index contributed by atoms with van der Waals surface area (Å²) < 4.78 is 44.4. The molecule has 1 aliphatic carbocycles. The van der Waals surface area contributed by atoms with Crippen LogP contribution in [0.4, 0.5) is 13.2 Å². The monoisotopic (exact) mass is 397 g/mol. The molecule has 0 saturated carbocycles. The quantitative estimate of drug-likeness (QED) is 0.772. The average molecular weight is 398 g/mol. The van der Waals surface area contributed by atoms with Gasteiger partial charge in [-0.05, 0) is 48.2 Å². The second-order valence-corrected chi connectivity index (χ2v) is 6.54. The summed E-state index contributed by atoms with van der Waals surface area (Å²) >= 11 is 5.88. The standard InChI is InChI=1S/C19H15ClF3NO3/c1-27-18(26)11-6-5-10-7-8-15(12(10)9-11)24-17(25)16-13(19(21,22)23)3-2-4-14(16)20/h2-6,9,15H,7-8H2,1H3,(H,24,25)/t15-/m1/s1. The Labute approximate surface area is 158 Å². The van der Waals surface area contributed by atoms with Crippen LogP contribution in [0.2, 0.25) is 5.02 Å². The number of hydrogen-bond acceptors (Lipinski definition) is 3. The van der Waals surface area contributed by atoms with Crippen molar-refractivity contribution in [3.63, 3.8) is 0 Å². The molecule has 1 atom stereocenters. The van der Waals surface area contributed by atoms with Crippen molar-refractivity contribution >= 4 is 23.5 Å². The lowest BCUT2D eigenvalue weighted by Gasteiger charge is -2.18. The van der Waals surface area contributed by atoms with Gasteiger partial charge >= 0.3 is 12.1 Å². The smallest absolute Gasteiger partial charge is 0.417 e. The van der Waals surface area contributed by atoms with Gasteiger partial charge in [-0.15, -0.1) is 0 Å². The third-order valence-electron chi connectivity index (χ3n) is 4.50. The molecule has 2 aromatic carbocycles. The van der Waals surface area contributed by atoms with Crippen molar-refractivity contribution < 1.29 is 27.5 Å². The summed E-state index contributed by atoms with van der Waals surface area (Å²) in [5, 5.41) is 2.34. The third-order valence-corrected chi connectivity index (χ3v) is 4.81. The van der Waals surface area contributed by atoms with Crippen molar-refractivity contribution in [2.45, 2.75) is 25.1 Å². The van der Waals surface area contributed by atoms with E-state index in [0.717, 1.165) is 17.7 Å². The first-order valence-corrected chi connectivity index (χ1v) is 8.48. The number of halogens is 4. The Morgan fingerprint density at radius 3 is 2.63 bits per heavy atom. The number of rotatable bonds is 3. The summed E-state index contributed by atoms with van der Waals surface area (Å²) in [6, 6.07) is 7.65. The molecule has 0 radical (unpaired) electrons. The molecule has 0 bridgehead atoms. The fourth-order valence-electron chi connectivity index (χ4n) is 3.22. The SMILES string of the molecule is COC(=O)c1ccc2c(c1)[C@H](NC(=O)c1c(Cl)cccc1C(F)(F)F)CC2. The van der Waals surface area contributed by atoms with E-state index in [-0.39, 0.29) is 5.02 Å². The Kier molecular flexibility index (Phi) is 5.15. The number of aryl methyl sites for hydroxylation is 1. The molecule has 3 rings (SSSR count). The van der Waals surface area contributed by atoms with Crippen LogP contribution < -0.4 is 5.32 Å². The van der Waals surface area contributed by atoms with Gasteiger partial charge in [-0.3, -0.25) is 4.79 Å². The Morgan fingerprint density at radius 2 is 1.96 bits per heavy atom. The summed E-state index contributed by atoms with van der Waals surface area (Å²) in [5.74, 6) is -1.44. The molecule has 0 spiro atoms. The van der Waals surface area contributed by atoms with Gasteiger partial charge in [0.2, 0.25) is 0 Å². The van der Waals surface area contributed by atoms with Gasteiger partial charge in [-0.1, -0.05) is 23.7 Å². The molecule has 0 aliphatic heterocycles. The van der Waals surface area contributed by atoms with E-state index in [0.29, 0.717) is 24.0 Å². The predicted octanol–water partition coefficient (Wildman–Crippen LogP) is 4.56. The average Bonchev–Trinajstić information content (AvgIpc) is 3.02. The van der Waals surface area contributed by atoms with E-state index in [1.165, 1.54) is 13.2 Å². The molecule has 1 amide bonds. The molecule has 1 N–H and O–H groups in total. The zero-order valence-electron chi connectivity index (χ0n) is 14.2. The Hall–Kier alpha value is -2.54. The van der Waals surface area contributed by atoms with E-state index < -0.39 is 35.2 Å². The first kappa shape index (κ1) is 19.2. The van der Waals surface area contributed by atoms with E-state index in [2.05, 4.69) is 10.1 Å². The number of amides is 1. The van der Waals surface area contributed by atoms with Crippen LogP contribution in [-0.4, -0.2) is 19.0 Å². The van der Waals surface area contributed by atoms with Crippen molar-refractivity contribution in [3.8, 4) is 0 Å². The van der Waals surface area contributed by atoms with Crippen molar-refractivity contribution in [2.24, 2.45) is 0 Å². The number of alkyl halides is 3. The van der Waals surface area contributed by atoms with Crippen LogP contribution in [0.25, 0.3) is 0 Å². The van der Waals surface area contributed by atoms with Gasteiger partial charge in [-0.25, -0.2) is 4.79 Å². The predicted molar refractivity (Wildman–Crippen MR) is 92.8 cm³/mol. The van der Waals surface area contributed by atoms with Gasteiger partial charge in [0.15, 0.2) is 0 Å². The zero-order valence-corrected chi connectivity index (χ0v) is 14.9. The minimum Gasteiger partial charge on any atom is -0.465 e. The van der Waals surface area contributed by atoms with Crippen LogP contribution in [0.1, 0.15) is 49.9 Å². The Bertz CT molecular complexity index is 912. The van der Waals surface area contributed by atoms with E-state index in [4.69, 9.17) is 11.6 Å². The van der Waals surface area contributed by atoms with Crippen LogP contribution in [-0.2, 0) is 17.3 Å². The fraction of sp³-hybridized carbons (Fsp3) is 0.263. The lowest BCUT2D eigenvalue weighted by Crippen LogP contribution is -2.29. The van der Waals surface area contributed by atoms with Gasteiger partial charge in [0.05, 0.1) is 34.9 Å². The molecule has 0 saturated heterocycles. The summed E-state index contributed by atoms with van der Waals surface area (Å²) in [6.07, 6.45) is -3.56. The van der Waals surface area contributed by atoms with Crippen molar-refractivity contribution in [2.75, 3.05) is 7.11 Å². The maximum absolute atomic E-state index is 13.2. The van der Waals surface area contributed by atoms with Crippen LogP contribution >= 0.6 is 11.6 Å². The molecule has 27 heavy (non-hydrogen) atoms. The highest BCUT2D eigenvalue weighted by molar-refractivity contribution is 6.34. The van der Waals surface area contributed by atoms with Gasteiger partial charge in [0, 0.05) is 0 Å². The van der Waals surface area contributed by atoms with Crippen molar-refractivity contribution in [1.29, 1.82) is 0 Å². The van der Waals surface area contributed by atoms with Crippen LogP contribution in [0.15, 0.2) is 36.4 Å². The minimum atomic E-state index is -4.71. The largest absolute Gasteiger partial charge is 0.465 e. The first-order chi connectivity index (χ1) is 12.7. The molecule has 142 valence electrons. The van der Waals surface area contributed by atoms with E-state index in [9.17, 15) is 22.8 Å². The second kappa shape index (κ2) is 7.23. The minimum absolute atomic E-state index is 0.274. The van der Waals surface area contributed by atoms with Gasteiger partial charge < -0.3 is 10.1 Å². The van der Waals surface area contributed by atoms with Crippen molar-refractivity contribution in [1.82, 2.24) is 5.32 Å². The van der Waals surface area contributed by atoms with Crippen LogP contribution in [0.5, 0.6) is 0 Å². The number of methoxy groups -OCH3 is 1. The Morgan fingerprint density at radius 1 is 1.22 bits per heavy atom. The molecule has 0 heterocycles. The highest BCUT2D eigenvalue weighted by Gasteiger charge is 2.37. The molecule has 8 heteroatoms. The molecule has 2 aromatic rings. The Balaban J connectivity index is 1.91. The van der Waals surface area contributed by atoms with E-state index >= 15 is 0 Å². The van der Waals surface area contributed by atoms with Crippen LogP contribution in [0.3, 0.4) is 0 Å². The molecule has 0 unspecified atom stereocenters. The molecule has 0 aromatic heterocycles. The van der Waals surface area contributed by atoms with Crippen LogP contribution in [0, 0.1) is 0 Å². The molecule has 1 aliphatic rings. The van der Waals surface area contributed by atoms with E-state index in [1.54, 1.807) is 18.2 Å². The summed E-state index contributed by atoms with van der Waals surface area (Å²) in [4.78, 5) is 24.3. The lowest BCUT2D eigenvalue weighted by atomic mass is 10.0. The maximum Gasteiger partial charge on any atom is 0.417 e. The topological polar surface area (TPSA) is 55.4 Å². The third kappa shape index (κ3) is 3.78. The summed E-state index contributed by atoms with van der Waals surface area (Å²) in [7, 11) is 1.25. The highest BCUT2D eigenvalue weighted by atomic mass is 35.5. The van der Waals surface area contributed by atoms with Gasteiger partial charge in [-0.2, -0.15) is 13.2 Å². The number of ether oxygens (including phenoxy) is 1. The second-order valence-electron chi connectivity index (χ2n) is 6.13. The maximum atomic E-state index is 13.2. The van der Waals surface area contributed by atoms with E-state index in [1.807, 2.05) is 0 Å². The number of carbonyl (C=O) groups excluding carboxylic acids is 2.